The van der Waals surface area contributed by atoms with Crippen molar-refractivity contribution in [3.8, 4) is 0 Å². The van der Waals surface area contributed by atoms with E-state index < -0.39 is 51.2 Å². The Balaban J connectivity index is 1.69. The molecule has 1 N–H and O–H groups in total. The molecule has 2 fully saturated rings. The lowest BCUT2D eigenvalue weighted by molar-refractivity contribution is -0.362. The van der Waals surface area contributed by atoms with Crippen LogP contribution in [0.15, 0.2) is 52.0 Å². The van der Waals surface area contributed by atoms with Crippen molar-refractivity contribution in [3.05, 3.63) is 52.6 Å². The van der Waals surface area contributed by atoms with Gasteiger partial charge in [0, 0.05) is 24.0 Å². The second kappa shape index (κ2) is 8.21. The number of carbonyl (C=O) groups is 1. The molecule has 0 amide bonds. The molecule has 0 aliphatic heterocycles. The number of alkyl halides is 5. The first kappa shape index (κ1) is 26.5. The zero-order valence-corrected chi connectivity index (χ0v) is 21.4. The van der Waals surface area contributed by atoms with Crippen molar-refractivity contribution in [2.24, 2.45) is 17.3 Å². The highest BCUT2D eigenvalue weighted by molar-refractivity contribution is 7.90. The van der Waals surface area contributed by atoms with Gasteiger partial charge in [-0.2, -0.15) is 22.0 Å². The summed E-state index contributed by atoms with van der Waals surface area (Å²) >= 11 is 0. The zero-order valence-electron chi connectivity index (χ0n) is 20.5. The molecule has 5 atom stereocenters. The second-order valence-corrected chi connectivity index (χ2v) is 13.3. The Kier molecular flexibility index (Phi) is 5.89. The minimum atomic E-state index is -5.91. The van der Waals surface area contributed by atoms with E-state index in [1.54, 1.807) is 18.2 Å². The number of hydrogen-bond acceptors (Lipinski definition) is 4. The number of benzene rings is 1. The van der Waals surface area contributed by atoms with E-state index in [1.165, 1.54) is 19.1 Å². The number of rotatable bonds is 3. The van der Waals surface area contributed by atoms with Crippen LogP contribution in [0.5, 0.6) is 0 Å². The van der Waals surface area contributed by atoms with Crippen molar-refractivity contribution in [2.75, 3.05) is 6.26 Å². The largest absolute Gasteiger partial charge is 0.456 e. The van der Waals surface area contributed by atoms with E-state index in [2.05, 4.69) is 0 Å². The Labute approximate surface area is 212 Å². The molecule has 10 heteroatoms. The molecule has 0 spiro atoms. The maximum atomic E-state index is 15.0. The quantitative estimate of drug-likeness (QED) is 0.480. The topological polar surface area (TPSA) is 71.4 Å². The highest BCUT2D eigenvalue weighted by Crippen LogP contribution is 2.70. The van der Waals surface area contributed by atoms with Crippen LogP contribution in [0.25, 0.3) is 0 Å². The van der Waals surface area contributed by atoms with Gasteiger partial charge in [-0.3, -0.25) is 4.79 Å². The minimum absolute atomic E-state index is 0.00700. The summed E-state index contributed by atoms with van der Waals surface area (Å²) in [4.78, 5) is 12.2. The average molecular weight is 545 g/mol. The fourth-order valence-electron chi connectivity index (χ4n) is 7.66. The lowest BCUT2D eigenvalue weighted by Crippen LogP contribution is -2.65. The van der Waals surface area contributed by atoms with Crippen LogP contribution in [0.3, 0.4) is 0 Å². The molecule has 0 radical (unpaired) electrons. The highest BCUT2D eigenvalue weighted by Gasteiger charge is 2.79. The fourth-order valence-corrected chi connectivity index (χ4v) is 8.29. The van der Waals surface area contributed by atoms with Crippen LogP contribution in [0, 0.1) is 17.3 Å². The average Bonchev–Trinajstić information content (AvgIpc) is 3.09. The first-order chi connectivity index (χ1) is 17.0. The molecule has 1 aromatic carbocycles. The number of ketones is 1. The molecule has 0 saturated heterocycles. The summed E-state index contributed by atoms with van der Waals surface area (Å²) in [5.74, 6) is -6.79. The monoisotopic (exact) mass is 544 g/mol. The third-order valence-corrected chi connectivity index (χ3v) is 10.6. The van der Waals surface area contributed by atoms with Crippen LogP contribution < -0.4 is 0 Å². The van der Waals surface area contributed by atoms with Gasteiger partial charge >= 0.3 is 12.1 Å². The van der Waals surface area contributed by atoms with Crippen LogP contribution in [0.2, 0.25) is 0 Å². The molecule has 0 heterocycles. The van der Waals surface area contributed by atoms with E-state index in [9.17, 15) is 40.3 Å². The van der Waals surface area contributed by atoms with Gasteiger partial charge in [-0.1, -0.05) is 24.6 Å². The summed E-state index contributed by atoms with van der Waals surface area (Å²) in [6, 6.07) is 5.98. The number of carbonyl (C=O) groups excluding carboxylic acids is 1. The van der Waals surface area contributed by atoms with E-state index in [0.29, 0.717) is 31.2 Å². The number of halogens is 5. The van der Waals surface area contributed by atoms with Crippen LogP contribution in [0.4, 0.5) is 22.0 Å². The summed E-state index contributed by atoms with van der Waals surface area (Å²) in [7, 11) is -3.50. The van der Waals surface area contributed by atoms with Crippen LogP contribution in [-0.2, 0) is 14.6 Å². The summed E-state index contributed by atoms with van der Waals surface area (Å²) in [5.41, 5.74) is -1.62. The van der Waals surface area contributed by atoms with Gasteiger partial charge in [0.05, 0.1) is 4.90 Å². The highest BCUT2D eigenvalue weighted by atomic mass is 32.2. The second-order valence-electron chi connectivity index (χ2n) is 11.3. The Hall–Kier alpha value is -2.07. The summed E-state index contributed by atoms with van der Waals surface area (Å²) in [6.07, 6.45) is -2.22. The van der Waals surface area contributed by atoms with Crippen LogP contribution >= 0.6 is 0 Å². The first-order valence-corrected chi connectivity index (χ1v) is 14.3. The van der Waals surface area contributed by atoms with Crippen molar-refractivity contribution >= 4 is 15.6 Å². The molecule has 4 aliphatic rings. The molecule has 0 aromatic heterocycles. The summed E-state index contributed by atoms with van der Waals surface area (Å²) in [5, 5.41) is 11.3. The van der Waals surface area contributed by atoms with Gasteiger partial charge in [0.25, 0.3) is 0 Å². The molecular weight excluding hydrogens is 515 g/mol. The Morgan fingerprint density at radius 1 is 1.00 bits per heavy atom. The van der Waals surface area contributed by atoms with Crippen LogP contribution in [0.1, 0.15) is 63.4 Å². The van der Waals surface area contributed by atoms with Gasteiger partial charge in [0.2, 0.25) is 0 Å². The molecule has 37 heavy (non-hydrogen) atoms. The lowest BCUT2D eigenvalue weighted by atomic mass is 9.50. The summed E-state index contributed by atoms with van der Waals surface area (Å²) in [6.45, 7) is 1.36. The van der Waals surface area contributed by atoms with Crippen molar-refractivity contribution < 1.29 is 40.3 Å². The van der Waals surface area contributed by atoms with Gasteiger partial charge < -0.3 is 5.11 Å². The predicted molar refractivity (Wildman–Crippen MR) is 126 cm³/mol. The predicted octanol–water partition coefficient (Wildman–Crippen LogP) is 5.92. The minimum Gasteiger partial charge on any atom is -0.383 e. The van der Waals surface area contributed by atoms with Gasteiger partial charge in [-0.25, -0.2) is 8.42 Å². The van der Waals surface area contributed by atoms with Gasteiger partial charge in [-0.05, 0) is 85.3 Å². The van der Waals surface area contributed by atoms with Crippen molar-refractivity contribution in [2.45, 2.75) is 80.4 Å². The first-order valence-electron chi connectivity index (χ1n) is 12.4. The SMILES string of the molecule is CC12C[C@H](c3ccc(S(C)(=O)=O)cc3)C3=C4CCC(=O)C=C4CCC3C1CC[C@@]2(O)C(F)(F)C(F)(F)F. The smallest absolute Gasteiger partial charge is 0.383 e. The number of hydrogen-bond donors (Lipinski definition) is 1. The molecule has 0 bridgehead atoms. The standard InChI is InChI=1S/C27H29F5O4S/c1-24-14-21(15-3-7-18(8-4-15)37(2,35)36)23-19-10-6-17(33)13-16(19)5-9-20(23)22(24)11-12-25(24,34)26(28,29)27(30,31)32/h3-4,7-8,13,20-22,34H,5-6,9-12,14H2,1-2H3/t20?,21-,22?,24?,25+/m1/s1. The number of sulfone groups is 1. The molecule has 202 valence electrons. The third kappa shape index (κ3) is 3.76. The zero-order chi connectivity index (χ0) is 27.2. The molecule has 4 nitrogen and oxygen atoms in total. The molecule has 3 unspecified atom stereocenters. The third-order valence-electron chi connectivity index (χ3n) is 9.47. The van der Waals surface area contributed by atoms with Crippen LogP contribution in [-0.4, -0.2) is 43.3 Å². The number of aliphatic hydroxyl groups is 1. The van der Waals surface area contributed by atoms with E-state index in [4.69, 9.17) is 0 Å². The van der Waals surface area contributed by atoms with E-state index in [1.807, 2.05) is 0 Å². The normalized spacial score (nSPS) is 34.5. The number of fused-ring (bicyclic) bond motifs is 4. The maximum absolute atomic E-state index is 15.0. The lowest BCUT2D eigenvalue weighted by Gasteiger charge is -2.56. The van der Waals surface area contributed by atoms with Gasteiger partial charge in [0.1, 0.15) is 5.60 Å². The van der Waals surface area contributed by atoms with Gasteiger partial charge in [-0.15, -0.1) is 0 Å². The molecular formula is C27H29F5O4S. The molecule has 4 aliphatic carbocycles. The van der Waals surface area contributed by atoms with E-state index in [-0.39, 0.29) is 29.4 Å². The molecule has 2 saturated carbocycles. The Morgan fingerprint density at radius 2 is 1.65 bits per heavy atom. The van der Waals surface area contributed by atoms with E-state index >= 15 is 0 Å². The van der Waals surface area contributed by atoms with Crippen molar-refractivity contribution in [1.82, 2.24) is 0 Å². The Morgan fingerprint density at radius 3 is 2.24 bits per heavy atom. The Bertz CT molecular complexity index is 1310. The summed E-state index contributed by atoms with van der Waals surface area (Å²) < 4.78 is 94.8. The molecule has 5 rings (SSSR count). The maximum Gasteiger partial charge on any atom is 0.456 e. The number of allylic oxidation sites excluding steroid dienone is 4. The molecule has 1 aromatic rings. The van der Waals surface area contributed by atoms with Crippen molar-refractivity contribution in [1.29, 1.82) is 0 Å². The fraction of sp³-hybridized carbons (Fsp3) is 0.593. The van der Waals surface area contributed by atoms with Crippen molar-refractivity contribution in [3.63, 3.8) is 0 Å². The van der Waals surface area contributed by atoms with E-state index in [0.717, 1.165) is 23.0 Å². The van der Waals surface area contributed by atoms with Gasteiger partial charge in [0.15, 0.2) is 15.6 Å².